The number of nitrogens with one attached hydrogen (secondary N) is 2. The topological polar surface area (TPSA) is 150 Å². The summed E-state index contributed by atoms with van der Waals surface area (Å²) < 4.78 is 48.8. The van der Waals surface area contributed by atoms with Crippen molar-refractivity contribution in [1.29, 1.82) is 0 Å². The van der Waals surface area contributed by atoms with Gasteiger partial charge >= 0.3 is 6.01 Å². The average Bonchev–Trinajstić information content (AvgIpc) is 3.35. The number of hydrogen-bond acceptors (Lipinski definition) is 11. The summed E-state index contributed by atoms with van der Waals surface area (Å²) in [7, 11) is -3.95. The highest BCUT2D eigenvalue weighted by Crippen LogP contribution is 2.36. The Balaban J connectivity index is 1.53. The van der Waals surface area contributed by atoms with E-state index >= 15 is 0 Å². The van der Waals surface area contributed by atoms with Crippen LogP contribution in [0.3, 0.4) is 0 Å². The van der Waals surface area contributed by atoms with E-state index in [9.17, 15) is 8.42 Å². The van der Waals surface area contributed by atoms with E-state index in [2.05, 4.69) is 50.3 Å². The maximum atomic E-state index is 12.7. The molecule has 4 aromatic rings. The first kappa shape index (κ1) is 27.1. The molecule has 0 aliphatic heterocycles. The number of halogens is 1. The van der Waals surface area contributed by atoms with Crippen molar-refractivity contribution in [1.82, 2.24) is 29.6 Å². The third-order valence-electron chi connectivity index (χ3n) is 4.70. The molecule has 3 aromatic heterocycles. The number of fused-ring (bicyclic) bond motifs is 1. The molecule has 0 atom stereocenters. The average molecular weight is 611 g/mol. The van der Waals surface area contributed by atoms with E-state index in [1.807, 2.05) is 25.1 Å². The van der Waals surface area contributed by atoms with Gasteiger partial charge in [0.25, 0.3) is 10.2 Å². The summed E-state index contributed by atoms with van der Waals surface area (Å²) in [4.78, 5) is 20.9. The van der Waals surface area contributed by atoms with Gasteiger partial charge in [-0.2, -0.15) is 13.1 Å². The minimum atomic E-state index is -3.95. The molecule has 0 unspecified atom stereocenters. The lowest BCUT2D eigenvalue weighted by atomic mass is 10.1. The van der Waals surface area contributed by atoms with Crippen molar-refractivity contribution in [2.75, 3.05) is 37.7 Å². The van der Waals surface area contributed by atoms with E-state index in [-0.39, 0.29) is 44.1 Å². The Hall–Kier alpha value is -2.98. The molecule has 4 rings (SSSR count). The third-order valence-corrected chi connectivity index (χ3v) is 6.97. The molecule has 0 aliphatic rings. The van der Waals surface area contributed by atoms with Gasteiger partial charge in [-0.25, -0.2) is 24.9 Å². The molecule has 0 saturated carbocycles. The number of rotatable bonds is 14. The first-order chi connectivity index (χ1) is 17.9. The Morgan fingerprint density at radius 1 is 1.00 bits per heavy atom. The van der Waals surface area contributed by atoms with Gasteiger partial charge in [-0.1, -0.05) is 13.0 Å². The van der Waals surface area contributed by atoms with E-state index < -0.39 is 10.2 Å². The number of ether oxygens (including phenoxy) is 3. The van der Waals surface area contributed by atoms with Crippen LogP contribution in [0.2, 0.25) is 0 Å². The molecule has 0 spiro atoms. The van der Waals surface area contributed by atoms with Crippen LogP contribution in [0.15, 0.2) is 46.9 Å². The fourth-order valence-electron chi connectivity index (χ4n) is 3.13. The van der Waals surface area contributed by atoms with Crippen LogP contribution in [0.25, 0.3) is 21.3 Å². The monoisotopic (exact) mass is 609 g/mol. The summed E-state index contributed by atoms with van der Waals surface area (Å²) in [6.45, 7) is 3.13. The predicted molar refractivity (Wildman–Crippen MR) is 143 cm³/mol. The Labute approximate surface area is 226 Å². The zero-order valence-corrected chi connectivity index (χ0v) is 23.0. The summed E-state index contributed by atoms with van der Waals surface area (Å²) in [5, 5.41) is 0. The molecule has 0 saturated heterocycles. The lowest BCUT2D eigenvalue weighted by molar-refractivity contribution is 0.140. The second-order valence-corrected chi connectivity index (χ2v) is 10.7. The molecule has 0 amide bonds. The van der Waals surface area contributed by atoms with E-state index in [0.717, 1.165) is 21.1 Å². The standard InChI is InChI=1S/C22H24BrN7O5S2/c1-2-6-33-7-5-29-37(31,32)30-20-19(15-3-4-18-17(10-15)28-14-36-18)21(27-13-26-20)34-8-9-35-22-24-11-16(23)12-25-22/h3-4,10-14,29H,2,5-9H2,1H3,(H,26,27,30). The minimum Gasteiger partial charge on any atom is -0.473 e. The van der Waals surface area contributed by atoms with Crippen LogP contribution in [0, 0.1) is 0 Å². The quantitative estimate of drug-likeness (QED) is 0.203. The van der Waals surface area contributed by atoms with Crippen LogP contribution < -0.4 is 18.9 Å². The van der Waals surface area contributed by atoms with Gasteiger partial charge in [-0.05, 0) is 40.0 Å². The maximum absolute atomic E-state index is 12.7. The van der Waals surface area contributed by atoms with Crippen LogP contribution in [-0.4, -0.2) is 66.3 Å². The molecule has 0 fully saturated rings. The van der Waals surface area contributed by atoms with Gasteiger partial charge in [0, 0.05) is 25.5 Å². The van der Waals surface area contributed by atoms with Crippen molar-refractivity contribution in [2.45, 2.75) is 13.3 Å². The van der Waals surface area contributed by atoms with Gasteiger partial charge in [0.15, 0.2) is 5.82 Å². The molecule has 196 valence electrons. The molecule has 0 bridgehead atoms. The lowest BCUT2D eigenvalue weighted by Crippen LogP contribution is -2.33. The van der Waals surface area contributed by atoms with Crippen molar-refractivity contribution in [3.05, 3.63) is 46.9 Å². The van der Waals surface area contributed by atoms with Gasteiger partial charge < -0.3 is 14.2 Å². The highest BCUT2D eigenvalue weighted by molar-refractivity contribution is 9.10. The fraction of sp³-hybridized carbons (Fsp3) is 0.318. The number of thiazole rings is 1. The summed E-state index contributed by atoms with van der Waals surface area (Å²) in [5.74, 6) is 0.229. The Kier molecular flexibility index (Phi) is 9.51. The molecule has 2 N–H and O–H groups in total. The SMILES string of the molecule is CCCOCCNS(=O)(=O)Nc1ncnc(OCCOc2ncc(Br)cn2)c1-c1ccc2scnc2c1. The molecule has 3 heterocycles. The smallest absolute Gasteiger partial charge is 0.316 e. The molecule has 12 nitrogen and oxygen atoms in total. The normalized spacial score (nSPS) is 11.5. The van der Waals surface area contributed by atoms with Crippen molar-refractivity contribution in [3.8, 4) is 23.0 Å². The summed E-state index contributed by atoms with van der Waals surface area (Å²) >= 11 is 4.77. The van der Waals surface area contributed by atoms with Crippen LogP contribution >= 0.6 is 27.3 Å². The number of hydrogen-bond donors (Lipinski definition) is 2. The second-order valence-electron chi connectivity index (χ2n) is 7.43. The molecular weight excluding hydrogens is 586 g/mol. The van der Waals surface area contributed by atoms with Crippen LogP contribution in [0.4, 0.5) is 5.82 Å². The summed E-state index contributed by atoms with van der Waals surface area (Å²) in [6, 6.07) is 5.76. The minimum absolute atomic E-state index is 0.0544. The predicted octanol–water partition coefficient (Wildman–Crippen LogP) is 3.44. The fourth-order valence-corrected chi connectivity index (χ4v) is 4.83. The van der Waals surface area contributed by atoms with E-state index in [4.69, 9.17) is 14.2 Å². The number of nitrogens with zero attached hydrogens (tertiary/aromatic N) is 5. The number of aromatic nitrogens is 5. The Morgan fingerprint density at radius 3 is 2.62 bits per heavy atom. The van der Waals surface area contributed by atoms with Crippen LogP contribution in [0.1, 0.15) is 13.3 Å². The molecule has 0 radical (unpaired) electrons. The highest BCUT2D eigenvalue weighted by Gasteiger charge is 2.20. The Bertz CT molecular complexity index is 1420. The number of benzene rings is 1. The largest absolute Gasteiger partial charge is 0.473 e. The maximum Gasteiger partial charge on any atom is 0.316 e. The molecule has 37 heavy (non-hydrogen) atoms. The van der Waals surface area contributed by atoms with Gasteiger partial charge in [0.05, 0.1) is 32.4 Å². The molecular formula is C22H24BrN7O5S2. The molecule has 0 aliphatic carbocycles. The summed E-state index contributed by atoms with van der Waals surface area (Å²) in [6.07, 6.45) is 5.22. The zero-order valence-electron chi connectivity index (χ0n) is 19.8. The van der Waals surface area contributed by atoms with Crippen molar-refractivity contribution >= 4 is 53.5 Å². The van der Waals surface area contributed by atoms with E-state index in [1.165, 1.54) is 17.7 Å². The van der Waals surface area contributed by atoms with Gasteiger partial charge in [0.2, 0.25) is 5.88 Å². The van der Waals surface area contributed by atoms with Crippen molar-refractivity contribution in [3.63, 3.8) is 0 Å². The van der Waals surface area contributed by atoms with Crippen LogP contribution in [0.5, 0.6) is 11.9 Å². The van der Waals surface area contributed by atoms with Crippen LogP contribution in [-0.2, 0) is 14.9 Å². The van der Waals surface area contributed by atoms with Gasteiger partial charge in [-0.3, -0.25) is 4.72 Å². The van der Waals surface area contributed by atoms with Gasteiger partial charge in [0.1, 0.15) is 19.5 Å². The molecule has 1 aromatic carbocycles. The third kappa shape index (κ3) is 7.75. The Morgan fingerprint density at radius 2 is 1.81 bits per heavy atom. The number of anilines is 1. The van der Waals surface area contributed by atoms with Crippen molar-refractivity contribution < 1.29 is 22.6 Å². The zero-order chi connectivity index (χ0) is 26.1. The van der Waals surface area contributed by atoms with E-state index in [1.54, 1.807) is 17.9 Å². The first-order valence-electron chi connectivity index (χ1n) is 11.2. The first-order valence-corrected chi connectivity index (χ1v) is 14.4. The van der Waals surface area contributed by atoms with Crippen molar-refractivity contribution in [2.24, 2.45) is 0 Å². The van der Waals surface area contributed by atoms with E-state index in [0.29, 0.717) is 17.7 Å². The summed E-state index contributed by atoms with van der Waals surface area (Å²) in [5.41, 5.74) is 3.50. The van der Waals surface area contributed by atoms with Gasteiger partial charge in [-0.15, -0.1) is 11.3 Å². The lowest BCUT2D eigenvalue weighted by Gasteiger charge is -2.16. The highest BCUT2D eigenvalue weighted by atomic mass is 79.9. The second kappa shape index (κ2) is 13.0. The molecule has 15 heteroatoms.